The maximum Gasteiger partial charge on any atom is 3.00 e. The molecule has 0 aliphatic rings. The van der Waals surface area contributed by atoms with E-state index in [1.54, 1.807) is 0 Å². The summed E-state index contributed by atoms with van der Waals surface area (Å²) in [5.41, 5.74) is 0. The van der Waals surface area contributed by atoms with Gasteiger partial charge in [0.05, 0.1) is 0 Å². The van der Waals surface area contributed by atoms with Gasteiger partial charge in [-0.3, -0.25) is 0 Å². The van der Waals surface area contributed by atoms with Crippen molar-refractivity contribution in [1.82, 2.24) is 0 Å². The summed E-state index contributed by atoms with van der Waals surface area (Å²) < 4.78 is 0. The molecule has 0 N–H and O–H groups in total. The van der Waals surface area contributed by atoms with Gasteiger partial charge in [0, 0.05) is 201 Å². The first-order chi connectivity index (χ1) is 0. The molecule has 0 aromatic rings. The van der Waals surface area contributed by atoms with Crippen molar-refractivity contribution >= 4 is 0 Å². The predicted molar refractivity (Wildman–Crippen MR) is 2.06 cm³/mol. The van der Waals surface area contributed by atoms with Gasteiger partial charge in [-0.2, -0.15) is 0 Å². The van der Waals surface area contributed by atoms with Crippen molar-refractivity contribution in [3.05, 3.63) is 0 Å². The summed E-state index contributed by atoms with van der Waals surface area (Å²) in [5, 5.41) is 0. The van der Waals surface area contributed by atoms with Crippen LogP contribution < -0.4 is 0 Å². The number of hydrogen-bond acceptors (Lipinski definition) is 0. The van der Waals surface area contributed by atoms with Crippen LogP contribution in [0.3, 0.4) is 0 Å². The molecule has 0 aromatic heterocycles. The monoisotopic (exact) mass is 969 g/mol. The van der Waals surface area contributed by atoms with Gasteiger partial charge < -0.3 is 16.4 Å². The van der Waals surface area contributed by atoms with Crippen molar-refractivity contribution in [2.75, 3.05) is 0 Å². The van der Waals surface area contributed by atoms with Gasteiger partial charge in [-0.1, -0.05) is 0 Å². The molecule has 11 heavy (non-hydrogen) atoms. The zero-order chi connectivity index (χ0) is 0. The van der Waals surface area contributed by atoms with E-state index in [0.717, 1.165) is 0 Å². The van der Waals surface area contributed by atoms with Crippen molar-refractivity contribution in [3.8, 4) is 0 Å². The zero-order valence-electron chi connectivity index (χ0n) is 5.38. The van der Waals surface area contributed by atoms with Crippen LogP contribution >= 0.6 is 0 Å². The van der Waals surface area contributed by atoms with E-state index in [-0.39, 0.29) is 299 Å². The first kappa shape index (κ1) is 87.4. The van der Waals surface area contributed by atoms with Gasteiger partial charge in [0.25, 0.3) is 0 Å². The van der Waals surface area contributed by atoms with Crippen molar-refractivity contribution in [2.24, 2.45) is 0 Å². The molecule has 0 saturated carbocycles. The summed E-state index contributed by atoms with van der Waals surface area (Å²) in [5.74, 6) is 0. The number of hydrogen-bond donors (Lipinski definition) is 0. The second-order valence-electron chi connectivity index (χ2n) is 0. The van der Waals surface area contributed by atoms with Crippen LogP contribution in [0.4, 0.5) is 0 Å². The van der Waals surface area contributed by atoms with Crippen LogP contribution in [0, 0.1) is 165 Å². The van der Waals surface area contributed by atoms with Crippen LogP contribution in [0.5, 0.6) is 0 Å². The fourth-order valence-corrected chi connectivity index (χ4v) is 0. The van der Waals surface area contributed by atoms with Crippen LogP contribution in [0.2, 0.25) is 0 Å². The largest absolute Gasteiger partial charge is 3.00 e. The minimum atomic E-state index is 0. The number of rotatable bonds is 0. The Hall–Kier alpha value is 9.31. The molecule has 4 radical (unpaired) electrons. The van der Waals surface area contributed by atoms with E-state index >= 15 is 0 Å². The Balaban J connectivity index is 0. The van der Waals surface area contributed by atoms with Crippen LogP contribution in [0.25, 0.3) is 0 Å². The molecule has 0 bridgehead atoms. The third-order valence-corrected chi connectivity index (χ3v) is 0. The second kappa shape index (κ2) is 74.7. The van der Waals surface area contributed by atoms with Crippen LogP contribution in [-0.4, -0.2) is 0 Å². The Morgan fingerprint density at radius 1 is 0.455 bits per heavy atom. The van der Waals surface area contributed by atoms with Crippen molar-refractivity contribution < 1.29 is 299 Å². The van der Waals surface area contributed by atoms with Crippen LogP contribution in [0.1, 0.15) is 0 Å². The minimum Gasteiger partial charge on any atom is -2.00 e. The summed E-state index contributed by atoms with van der Waals surface area (Å²) in [4.78, 5) is 0. The van der Waals surface area contributed by atoms with Crippen LogP contribution in [0.15, 0.2) is 0 Å². The molecule has 0 rings (SSSR count). The molecule has 0 unspecified atom stereocenters. The molecule has 0 atom stereocenters. The molecule has 0 amide bonds. The molecule has 0 aromatic carbocycles. The SMILES string of the molecule is [Ce].[Ce].[Nd+3].[Nd+3].[O-2].[O-2].[O-2].[Y].[Y].[Zr].[Zr]. The van der Waals surface area contributed by atoms with E-state index < -0.39 is 0 Å². The molecule has 0 heterocycles. The van der Waals surface area contributed by atoms with E-state index in [0.29, 0.717) is 0 Å². The van der Waals surface area contributed by atoms with Crippen molar-refractivity contribution in [2.45, 2.75) is 0 Å². The summed E-state index contributed by atoms with van der Waals surface area (Å²) >= 11 is 0. The first-order valence-electron chi connectivity index (χ1n) is 0. The fraction of sp³-hybridized carbons (Fsp3) is 0. The molecule has 48 valence electrons. The van der Waals surface area contributed by atoms with Crippen LogP contribution in [-0.2, 0) is 134 Å². The Morgan fingerprint density at radius 3 is 0.455 bits per heavy atom. The standard InChI is InChI=1S/2Ce.2Nd.3O.2Y.2Zr/q;;2*+3;3*-2;;;;. The average molecular weight is 977 g/mol. The maximum atomic E-state index is 0. The first-order valence-corrected chi connectivity index (χ1v) is 0. The zero-order valence-corrected chi connectivity index (χ0v) is 28.7. The van der Waals surface area contributed by atoms with E-state index in [1.165, 1.54) is 0 Å². The van der Waals surface area contributed by atoms with E-state index in [2.05, 4.69) is 0 Å². The average Bonchev–Trinajstić information content (AvgIpc) is 0. The normalized spacial score (nSPS) is 0. The molecule has 0 aliphatic heterocycles. The minimum absolute atomic E-state index is 0. The smallest absolute Gasteiger partial charge is 2.00 e. The van der Waals surface area contributed by atoms with E-state index in [4.69, 9.17) is 0 Å². The fourth-order valence-electron chi connectivity index (χ4n) is 0. The predicted octanol–water partition coefficient (Wildman–Crippen LogP) is -0.366. The maximum absolute atomic E-state index is 0. The Labute approximate surface area is 289 Å². The van der Waals surface area contributed by atoms with Gasteiger partial charge in [-0.15, -0.1) is 0 Å². The third-order valence-electron chi connectivity index (χ3n) is 0. The topological polar surface area (TPSA) is 85.5 Å². The van der Waals surface area contributed by atoms with E-state index in [9.17, 15) is 0 Å². The quantitative estimate of drug-likeness (QED) is 0.318. The Kier molecular flexibility index (Phi) is 593. The molecule has 0 fully saturated rings. The van der Waals surface area contributed by atoms with Gasteiger partial charge >= 0.3 is 81.7 Å². The molecule has 0 spiro atoms. The Bertz CT molecular complexity index is 25.3. The van der Waals surface area contributed by atoms with Gasteiger partial charge in [-0.05, 0) is 0 Å². The summed E-state index contributed by atoms with van der Waals surface area (Å²) in [6.45, 7) is 0. The Morgan fingerprint density at radius 2 is 0.455 bits per heavy atom. The summed E-state index contributed by atoms with van der Waals surface area (Å²) in [6, 6.07) is 0. The molecule has 0 saturated heterocycles. The van der Waals surface area contributed by atoms with Gasteiger partial charge in [0.2, 0.25) is 0 Å². The third kappa shape index (κ3) is 66.8. The summed E-state index contributed by atoms with van der Waals surface area (Å²) in [7, 11) is 0. The van der Waals surface area contributed by atoms with Crippen molar-refractivity contribution in [1.29, 1.82) is 0 Å². The van der Waals surface area contributed by atoms with Crippen molar-refractivity contribution in [3.63, 3.8) is 0 Å². The van der Waals surface area contributed by atoms with Gasteiger partial charge in [0.15, 0.2) is 0 Å². The second-order valence-corrected chi connectivity index (χ2v) is 0. The van der Waals surface area contributed by atoms with Gasteiger partial charge in [-0.25, -0.2) is 0 Å². The summed E-state index contributed by atoms with van der Waals surface area (Å²) in [6.07, 6.45) is 0. The molecule has 11 heteroatoms. The van der Waals surface area contributed by atoms with E-state index in [1.807, 2.05) is 0 Å². The molecule has 0 aliphatic carbocycles. The van der Waals surface area contributed by atoms with Gasteiger partial charge in [0.1, 0.15) is 0 Å². The molecular formula is Ce2Nd2O3Y2Zr2. The molecular weight excluding hydrogens is 977 g/mol. The molecule has 3 nitrogen and oxygen atoms in total.